The van der Waals surface area contributed by atoms with E-state index in [0.29, 0.717) is 33.9 Å². The number of esters is 1. The summed E-state index contributed by atoms with van der Waals surface area (Å²) in [6.07, 6.45) is -4.06. The Labute approximate surface area is 206 Å². The average molecular weight is 528 g/mol. The van der Waals surface area contributed by atoms with Crippen molar-refractivity contribution in [3.63, 3.8) is 0 Å². The van der Waals surface area contributed by atoms with Gasteiger partial charge in [0.25, 0.3) is 17.7 Å². The van der Waals surface area contributed by atoms with Crippen molar-refractivity contribution in [2.45, 2.75) is 56.8 Å². The van der Waals surface area contributed by atoms with E-state index in [-0.39, 0.29) is 24.0 Å². The summed E-state index contributed by atoms with van der Waals surface area (Å²) in [4.78, 5) is 41.3. The first-order chi connectivity index (χ1) is 17.2. The Bertz CT molecular complexity index is 1360. The predicted octanol–water partition coefficient (Wildman–Crippen LogP) is 2.20. The lowest BCUT2D eigenvalue weighted by Crippen LogP contribution is -2.52. The number of thiophene rings is 1. The Hall–Kier alpha value is -2.97. The number of halogens is 3. The molecule has 1 unspecified atom stereocenters. The second kappa shape index (κ2) is 9.48. The van der Waals surface area contributed by atoms with E-state index in [2.05, 4.69) is 20.1 Å². The standard InChI is InChI=1S/C22H24F3N5O5S/c1-34-11-16-27-30(18(32)15-9-12-6-8-36-20(12)29(15)16)19(35-21(33)22(23,24)25)17(31)26-13-3-2-7-28(10-13)14-4-5-14/h6,8-9,13-14,19H,2-5,7,10-11H2,1H3,(H,26,31)/t13?,19-/m1/s1. The third kappa shape index (κ3) is 4.72. The molecule has 1 N–H and O–H groups in total. The minimum Gasteiger partial charge on any atom is -0.423 e. The summed E-state index contributed by atoms with van der Waals surface area (Å²) in [6, 6.07) is 3.40. The summed E-state index contributed by atoms with van der Waals surface area (Å²) < 4.78 is 51.1. The van der Waals surface area contributed by atoms with Crippen LogP contribution in [0.25, 0.3) is 15.7 Å². The van der Waals surface area contributed by atoms with Crippen LogP contribution < -0.4 is 10.9 Å². The second-order valence-corrected chi connectivity index (χ2v) is 9.87. The molecule has 2 aliphatic rings. The van der Waals surface area contributed by atoms with Gasteiger partial charge >= 0.3 is 12.1 Å². The highest BCUT2D eigenvalue weighted by Gasteiger charge is 2.45. The minimum atomic E-state index is -5.37. The average Bonchev–Trinajstić information content (AvgIpc) is 3.47. The van der Waals surface area contributed by atoms with Crippen molar-refractivity contribution >= 4 is 38.9 Å². The highest BCUT2D eigenvalue weighted by Crippen LogP contribution is 2.30. The number of nitrogens with one attached hydrogen (secondary N) is 1. The molecule has 1 amide bonds. The molecule has 3 aromatic heterocycles. The van der Waals surface area contributed by atoms with Crippen molar-refractivity contribution in [1.82, 2.24) is 24.4 Å². The molecule has 5 rings (SSSR count). The van der Waals surface area contributed by atoms with E-state index in [1.54, 1.807) is 12.1 Å². The molecule has 0 radical (unpaired) electrons. The quantitative estimate of drug-likeness (QED) is 0.470. The normalized spacial score (nSPS) is 20.1. The van der Waals surface area contributed by atoms with Gasteiger partial charge in [-0.2, -0.15) is 17.9 Å². The van der Waals surface area contributed by atoms with Gasteiger partial charge in [0.05, 0.1) is 0 Å². The Kier molecular flexibility index (Phi) is 6.51. The zero-order valence-electron chi connectivity index (χ0n) is 19.3. The third-order valence-corrected chi connectivity index (χ3v) is 7.27. The van der Waals surface area contributed by atoms with Crippen LogP contribution in [0, 0.1) is 0 Å². The number of aromatic nitrogens is 3. The third-order valence-electron chi connectivity index (χ3n) is 6.35. The van der Waals surface area contributed by atoms with Crippen LogP contribution in [0.1, 0.15) is 37.7 Å². The van der Waals surface area contributed by atoms with Crippen molar-refractivity contribution in [1.29, 1.82) is 0 Å². The van der Waals surface area contributed by atoms with Gasteiger partial charge < -0.3 is 14.8 Å². The van der Waals surface area contributed by atoms with E-state index in [4.69, 9.17) is 4.74 Å². The van der Waals surface area contributed by atoms with E-state index >= 15 is 0 Å². The number of likely N-dealkylation sites (tertiary alicyclic amines) is 1. The van der Waals surface area contributed by atoms with Crippen LogP contribution in [0.15, 0.2) is 22.3 Å². The fourth-order valence-electron chi connectivity index (χ4n) is 4.60. The van der Waals surface area contributed by atoms with E-state index in [9.17, 15) is 27.6 Å². The molecule has 194 valence electrons. The van der Waals surface area contributed by atoms with E-state index in [1.165, 1.54) is 22.8 Å². The predicted molar refractivity (Wildman–Crippen MR) is 122 cm³/mol. The molecule has 0 aromatic carbocycles. The minimum absolute atomic E-state index is 0.0670. The number of nitrogens with zero attached hydrogens (tertiary/aromatic N) is 4. The van der Waals surface area contributed by atoms with Gasteiger partial charge in [-0.05, 0) is 49.7 Å². The van der Waals surface area contributed by atoms with Gasteiger partial charge in [0.2, 0.25) is 0 Å². The first-order valence-electron chi connectivity index (χ1n) is 11.5. The number of hydrogen-bond donors (Lipinski definition) is 1. The molecular formula is C22H24F3N5O5S. The van der Waals surface area contributed by atoms with Crippen LogP contribution in [0.4, 0.5) is 13.2 Å². The number of amides is 1. The molecular weight excluding hydrogens is 503 g/mol. The van der Waals surface area contributed by atoms with Crippen LogP contribution >= 0.6 is 11.3 Å². The zero-order valence-corrected chi connectivity index (χ0v) is 20.1. The molecule has 2 fully saturated rings. The molecule has 1 saturated carbocycles. The summed E-state index contributed by atoms with van der Waals surface area (Å²) >= 11 is 1.34. The van der Waals surface area contributed by atoms with E-state index in [0.717, 1.165) is 25.8 Å². The SMILES string of the molecule is COCc1nn([C@H](OC(=O)C(F)(F)F)C(=O)NC2CCCN(C3CC3)C2)c(=O)c2cc3ccsc3n12. The van der Waals surface area contributed by atoms with Crippen LogP contribution in [0.3, 0.4) is 0 Å². The van der Waals surface area contributed by atoms with Crippen LogP contribution in [0.5, 0.6) is 0 Å². The molecule has 14 heteroatoms. The molecule has 36 heavy (non-hydrogen) atoms. The molecule has 10 nitrogen and oxygen atoms in total. The summed E-state index contributed by atoms with van der Waals surface area (Å²) in [5, 5.41) is 9.33. The summed E-state index contributed by atoms with van der Waals surface area (Å²) in [7, 11) is 1.39. The van der Waals surface area contributed by atoms with Crippen molar-refractivity contribution in [2.24, 2.45) is 0 Å². The Morgan fingerprint density at radius 3 is 2.78 bits per heavy atom. The zero-order chi connectivity index (χ0) is 25.6. The van der Waals surface area contributed by atoms with Gasteiger partial charge in [0.1, 0.15) is 17.0 Å². The number of alkyl halides is 3. The van der Waals surface area contributed by atoms with Crippen molar-refractivity contribution in [3.8, 4) is 0 Å². The monoisotopic (exact) mass is 527 g/mol. The number of carbonyl (C=O) groups excluding carboxylic acids is 2. The Morgan fingerprint density at radius 2 is 2.08 bits per heavy atom. The second-order valence-electron chi connectivity index (χ2n) is 8.97. The number of methoxy groups -OCH3 is 1. The van der Waals surface area contributed by atoms with Gasteiger partial charge in [0, 0.05) is 31.1 Å². The number of fused-ring (bicyclic) bond motifs is 3. The molecule has 4 heterocycles. The molecule has 1 saturated heterocycles. The van der Waals surface area contributed by atoms with Crippen LogP contribution in [0.2, 0.25) is 0 Å². The smallest absolute Gasteiger partial charge is 0.423 e. The first kappa shape index (κ1) is 24.7. The molecule has 0 bridgehead atoms. The number of rotatable bonds is 7. The number of piperidine rings is 1. The highest BCUT2D eigenvalue weighted by atomic mass is 32.1. The lowest BCUT2D eigenvalue weighted by Gasteiger charge is -2.33. The summed E-state index contributed by atoms with van der Waals surface area (Å²) in [5.41, 5.74) is -0.811. The van der Waals surface area contributed by atoms with Crippen molar-refractivity contribution < 1.29 is 32.2 Å². The highest BCUT2D eigenvalue weighted by molar-refractivity contribution is 7.16. The fourth-order valence-corrected chi connectivity index (χ4v) is 5.52. The Morgan fingerprint density at radius 1 is 1.31 bits per heavy atom. The maximum atomic E-state index is 13.4. The number of carbonyl (C=O) groups is 2. The maximum absolute atomic E-state index is 13.4. The van der Waals surface area contributed by atoms with Gasteiger partial charge in [-0.1, -0.05) is 0 Å². The molecule has 3 aromatic rings. The largest absolute Gasteiger partial charge is 0.491 e. The van der Waals surface area contributed by atoms with Crippen molar-refractivity contribution in [2.75, 3.05) is 20.2 Å². The number of hydrogen-bond acceptors (Lipinski definition) is 8. The molecule has 1 aliphatic heterocycles. The Balaban J connectivity index is 1.53. The fraction of sp³-hybridized carbons (Fsp3) is 0.545. The maximum Gasteiger partial charge on any atom is 0.491 e. The first-order valence-corrected chi connectivity index (χ1v) is 12.4. The van der Waals surface area contributed by atoms with Gasteiger partial charge in [0.15, 0.2) is 5.82 Å². The molecule has 2 atom stereocenters. The van der Waals surface area contributed by atoms with Crippen LogP contribution in [-0.2, 0) is 25.7 Å². The molecule has 0 spiro atoms. The summed E-state index contributed by atoms with van der Waals surface area (Å²) in [6.45, 7) is 1.30. The van der Waals surface area contributed by atoms with Crippen LogP contribution in [-0.4, -0.2) is 69.4 Å². The number of ether oxygens (including phenoxy) is 2. The summed E-state index contributed by atoms with van der Waals surface area (Å²) in [5.74, 6) is -3.49. The lowest BCUT2D eigenvalue weighted by molar-refractivity contribution is -0.210. The van der Waals surface area contributed by atoms with Gasteiger partial charge in [-0.25, -0.2) is 4.79 Å². The van der Waals surface area contributed by atoms with Gasteiger partial charge in [-0.15, -0.1) is 16.4 Å². The van der Waals surface area contributed by atoms with E-state index < -0.39 is 29.8 Å². The molecule has 1 aliphatic carbocycles. The van der Waals surface area contributed by atoms with Crippen molar-refractivity contribution in [3.05, 3.63) is 33.7 Å². The van der Waals surface area contributed by atoms with Gasteiger partial charge in [-0.3, -0.25) is 18.9 Å². The van der Waals surface area contributed by atoms with E-state index in [1.807, 2.05) is 5.38 Å². The lowest BCUT2D eigenvalue weighted by atomic mass is 10.1. The topological polar surface area (TPSA) is 107 Å².